The van der Waals surface area contributed by atoms with Gasteiger partial charge >= 0.3 is 12.4 Å². The number of aliphatic hydroxyl groups is 1. The first kappa shape index (κ1) is 33.3. The van der Waals surface area contributed by atoms with Crippen LogP contribution in [0.4, 0.5) is 26.3 Å². The number of alkyl halides is 6. The minimum absolute atomic E-state index is 0.0562. The van der Waals surface area contributed by atoms with Crippen molar-refractivity contribution in [3.8, 4) is 0 Å². The molecule has 2 heterocycles. The molecule has 3 amide bonds. The summed E-state index contributed by atoms with van der Waals surface area (Å²) >= 11 is 0. The van der Waals surface area contributed by atoms with E-state index in [0.29, 0.717) is 38.1 Å². The number of hydrogen-bond donors (Lipinski definition) is 1. The first-order chi connectivity index (χ1) is 20.6. The Balaban J connectivity index is 1.54. The summed E-state index contributed by atoms with van der Waals surface area (Å²) in [6.45, 7) is 1.98. The van der Waals surface area contributed by atoms with E-state index in [1.165, 1.54) is 11.9 Å². The summed E-state index contributed by atoms with van der Waals surface area (Å²) in [6.07, 6.45) is -8.86. The lowest BCUT2D eigenvalue weighted by Crippen LogP contribution is -2.51. The van der Waals surface area contributed by atoms with Crippen LogP contribution < -0.4 is 0 Å². The molecule has 0 saturated carbocycles. The van der Waals surface area contributed by atoms with E-state index in [4.69, 9.17) is 5.11 Å². The number of benzene rings is 2. The first-order valence-electron chi connectivity index (χ1n) is 14.4. The van der Waals surface area contributed by atoms with Gasteiger partial charge in [0, 0.05) is 57.5 Å². The molecule has 2 aliphatic rings. The molecule has 2 atom stereocenters. The molecule has 44 heavy (non-hydrogen) atoms. The number of aliphatic hydroxyl groups excluding tert-OH is 1. The molecule has 0 bridgehead atoms. The maximum atomic E-state index is 13.8. The fraction of sp³-hybridized carbons (Fsp3) is 0.516. The summed E-state index contributed by atoms with van der Waals surface area (Å²) < 4.78 is 80.4. The van der Waals surface area contributed by atoms with Crippen molar-refractivity contribution < 1.29 is 45.8 Å². The maximum Gasteiger partial charge on any atom is 0.416 e. The predicted octanol–water partition coefficient (Wildman–Crippen LogP) is 4.85. The lowest BCUT2D eigenvalue weighted by Gasteiger charge is -2.42. The molecule has 2 saturated heterocycles. The molecule has 2 fully saturated rings. The highest BCUT2D eigenvalue weighted by Gasteiger charge is 2.41. The number of nitrogens with zero attached hydrogens (tertiary/aromatic N) is 3. The molecule has 0 aromatic heterocycles. The summed E-state index contributed by atoms with van der Waals surface area (Å²) in [7, 11) is 1.35. The molecule has 0 aliphatic carbocycles. The zero-order valence-corrected chi connectivity index (χ0v) is 24.4. The molecule has 1 N–H and O–H groups in total. The lowest BCUT2D eigenvalue weighted by molar-refractivity contribution is -0.145. The van der Waals surface area contributed by atoms with Gasteiger partial charge in [0.15, 0.2) is 0 Å². The van der Waals surface area contributed by atoms with Crippen molar-refractivity contribution in [2.24, 2.45) is 11.8 Å². The van der Waals surface area contributed by atoms with E-state index in [2.05, 4.69) is 0 Å². The number of carbonyl (C=O) groups excluding carboxylic acids is 3. The van der Waals surface area contributed by atoms with Crippen molar-refractivity contribution in [2.75, 3.05) is 39.8 Å². The maximum absolute atomic E-state index is 13.8. The van der Waals surface area contributed by atoms with Crippen LogP contribution >= 0.6 is 0 Å². The smallest absolute Gasteiger partial charge is 0.387 e. The van der Waals surface area contributed by atoms with Gasteiger partial charge in [-0.15, -0.1) is 0 Å². The first-order valence-corrected chi connectivity index (χ1v) is 14.4. The molecule has 13 heteroatoms. The van der Waals surface area contributed by atoms with Gasteiger partial charge in [0.25, 0.3) is 0 Å². The molecule has 0 spiro atoms. The Kier molecular flexibility index (Phi) is 9.96. The number of aryl methyl sites for hydroxylation is 1. The van der Waals surface area contributed by atoms with E-state index in [-0.39, 0.29) is 43.0 Å². The van der Waals surface area contributed by atoms with Crippen molar-refractivity contribution in [3.05, 3.63) is 70.3 Å². The van der Waals surface area contributed by atoms with E-state index in [1.54, 1.807) is 4.90 Å². The second-order valence-electron chi connectivity index (χ2n) is 11.6. The molecule has 0 radical (unpaired) electrons. The van der Waals surface area contributed by atoms with Crippen LogP contribution in [0.3, 0.4) is 0 Å². The number of halogens is 6. The highest BCUT2D eigenvalue weighted by atomic mass is 19.4. The minimum atomic E-state index is -5.00. The van der Waals surface area contributed by atoms with Crippen molar-refractivity contribution in [2.45, 2.75) is 51.0 Å². The monoisotopic (exact) mass is 627 g/mol. The molecule has 2 aliphatic heterocycles. The topological polar surface area (TPSA) is 81.2 Å². The molecule has 2 aromatic rings. The molecule has 240 valence electrons. The third-order valence-corrected chi connectivity index (χ3v) is 8.61. The van der Waals surface area contributed by atoms with Gasteiger partial charge in [-0.05, 0) is 61.1 Å². The van der Waals surface area contributed by atoms with Gasteiger partial charge in [0.1, 0.15) is 6.61 Å². The van der Waals surface area contributed by atoms with Crippen LogP contribution in [0.1, 0.15) is 53.0 Å². The SMILES string of the molecule is Cc1ccccc1[C@H]1CN(C(=O)C2CCN(C(=O)CO)CC2)CC[C@@H]1C(=O)N(C)Cc1cc(C(F)(F)F)cc(C(F)(F)F)c1. The van der Waals surface area contributed by atoms with Crippen LogP contribution in [0.5, 0.6) is 0 Å². The minimum Gasteiger partial charge on any atom is -0.387 e. The van der Waals surface area contributed by atoms with E-state index in [0.717, 1.165) is 16.0 Å². The number of piperidine rings is 2. The van der Waals surface area contributed by atoms with Crippen molar-refractivity contribution in [3.63, 3.8) is 0 Å². The second-order valence-corrected chi connectivity index (χ2v) is 11.6. The quantitative estimate of drug-likeness (QED) is 0.465. The standard InChI is InChI=1S/C31H35F6N3O4/c1-19-5-3-4-6-24(19)26-17-40(28(43)21-7-10-39(11-8-21)27(42)18-41)12-9-25(26)29(44)38(2)16-20-13-22(30(32,33)34)15-23(14-20)31(35,36)37/h3-6,13-15,21,25-26,41H,7-12,16-18H2,1-2H3/t25-,26+/m0/s1. The number of amides is 3. The highest BCUT2D eigenvalue weighted by Crippen LogP contribution is 2.39. The Labute approximate surface area is 251 Å². The number of rotatable bonds is 6. The molecular weight excluding hydrogens is 592 g/mol. The predicted molar refractivity (Wildman–Crippen MR) is 148 cm³/mol. The van der Waals surface area contributed by atoms with Gasteiger partial charge in [-0.25, -0.2) is 0 Å². The van der Waals surface area contributed by atoms with Crippen molar-refractivity contribution in [1.29, 1.82) is 0 Å². The third-order valence-electron chi connectivity index (χ3n) is 8.61. The number of carbonyl (C=O) groups is 3. The largest absolute Gasteiger partial charge is 0.416 e. The average Bonchev–Trinajstić information content (AvgIpc) is 2.99. The van der Waals surface area contributed by atoms with Gasteiger partial charge in [-0.3, -0.25) is 14.4 Å². The molecule has 2 aromatic carbocycles. The number of likely N-dealkylation sites (tertiary alicyclic amines) is 2. The number of hydrogen-bond acceptors (Lipinski definition) is 4. The van der Waals surface area contributed by atoms with Crippen LogP contribution in [0.2, 0.25) is 0 Å². The Bertz CT molecular complexity index is 1340. The van der Waals surface area contributed by atoms with Crippen LogP contribution in [-0.4, -0.2) is 77.4 Å². The third kappa shape index (κ3) is 7.54. The van der Waals surface area contributed by atoms with Crippen molar-refractivity contribution >= 4 is 17.7 Å². The van der Waals surface area contributed by atoms with Crippen LogP contribution in [0.25, 0.3) is 0 Å². The lowest BCUT2D eigenvalue weighted by atomic mass is 9.77. The summed E-state index contributed by atoms with van der Waals surface area (Å²) in [5, 5.41) is 9.12. The van der Waals surface area contributed by atoms with E-state index >= 15 is 0 Å². The van der Waals surface area contributed by atoms with Gasteiger partial charge in [-0.1, -0.05) is 24.3 Å². The Morgan fingerprint density at radius 3 is 2.00 bits per heavy atom. The molecular formula is C31H35F6N3O4. The summed E-state index contributed by atoms with van der Waals surface area (Å²) in [5.41, 5.74) is -1.47. The van der Waals surface area contributed by atoms with Crippen LogP contribution in [0.15, 0.2) is 42.5 Å². The van der Waals surface area contributed by atoms with Crippen LogP contribution in [0, 0.1) is 18.8 Å². The normalized spacial score (nSPS) is 20.0. The summed E-state index contributed by atoms with van der Waals surface area (Å²) in [4.78, 5) is 43.5. The molecule has 4 rings (SSSR count). The average molecular weight is 628 g/mol. The van der Waals surface area contributed by atoms with E-state index in [1.807, 2.05) is 31.2 Å². The zero-order chi connectivity index (χ0) is 32.4. The van der Waals surface area contributed by atoms with Crippen molar-refractivity contribution in [1.82, 2.24) is 14.7 Å². The van der Waals surface area contributed by atoms with E-state index in [9.17, 15) is 40.7 Å². The zero-order valence-electron chi connectivity index (χ0n) is 24.4. The van der Waals surface area contributed by atoms with Gasteiger partial charge in [0.2, 0.25) is 17.7 Å². The molecule has 0 unspecified atom stereocenters. The van der Waals surface area contributed by atoms with Gasteiger partial charge < -0.3 is 19.8 Å². The van der Waals surface area contributed by atoms with Crippen LogP contribution in [-0.2, 0) is 33.3 Å². The van der Waals surface area contributed by atoms with Gasteiger partial charge in [-0.2, -0.15) is 26.3 Å². The fourth-order valence-electron chi connectivity index (χ4n) is 6.25. The summed E-state index contributed by atoms with van der Waals surface area (Å²) in [5.74, 6) is -2.36. The summed E-state index contributed by atoms with van der Waals surface area (Å²) in [6, 6.07) is 8.67. The Hall–Kier alpha value is -3.61. The second kappa shape index (κ2) is 13.2. The Morgan fingerprint density at radius 2 is 1.45 bits per heavy atom. The van der Waals surface area contributed by atoms with E-state index < -0.39 is 60.3 Å². The fourth-order valence-corrected chi connectivity index (χ4v) is 6.25. The van der Waals surface area contributed by atoms with Gasteiger partial charge in [0.05, 0.1) is 11.1 Å². The molecule has 7 nitrogen and oxygen atoms in total. The highest BCUT2D eigenvalue weighted by molar-refractivity contribution is 5.83. The Morgan fingerprint density at radius 1 is 0.886 bits per heavy atom.